The van der Waals surface area contributed by atoms with Crippen molar-refractivity contribution in [3.05, 3.63) is 59.2 Å². The summed E-state index contributed by atoms with van der Waals surface area (Å²) in [6, 6.07) is 9.20. The second-order valence-corrected chi connectivity index (χ2v) is 5.19. The maximum atomic E-state index is 4.23. The Morgan fingerprint density at radius 3 is 2.95 bits per heavy atom. The first-order valence-corrected chi connectivity index (χ1v) is 6.93. The summed E-state index contributed by atoms with van der Waals surface area (Å²) < 4.78 is 0. The summed E-state index contributed by atoms with van der Waals surface area (Å²) in [6.07, 6.45) is 7.17. The molecule has 2 aromatic rings. The van der Waals surface area contributed by atoms with Crippen molar-refractivity contribution in [1.29, 1.82) is 0 Å². The molecule has 0 fully saturated rings. The van der Waals surface area contributed by atoms with Crippen LogP contribution in [0.3, 0.4) is 0 Å². The molecule has 1 aliphatic rings. The first-order valence-electron chi connectivity index (χ1n) is 6.93. The second-order valence-electron chi connectivity index (χ2n) is 5.19. The third-order valence-corrected chi connectivity index (χ3v) is 3.86. The predicted molar refractivity (Wildman–Crippen MR) is 75.8 cm³/mol. The molecule has 3 heteroatoms. The molecule has 0 saturated carbocycles. The number of aromatic nitrogens is 2. The van der Waals surface area contributed by atoms with E-state index in [4.69, 9.17) is 0 Å². The van der Waals surface area contributed by atoms with Gasteiger partial charge in [0, 0.05) is 18.8 Å². The smallest absolute Gasteiger partial charge is 0.115 e. The molecule has 3 nitrogen and oxygen atoms in total. The topological polar surface area (TPSA) is 37.8 Å². The highest BCUT2D eigenvalue weighted by Gasteiger charge is 2.13. The Bertz CT molecular complexity index is 551. The molecule has 1 aliphatic carbocycles. The molecule has 19 heavy (non-hydrogen) atoms. The van der Waals surface area contributed by atoms with Crippen LogP contribution in [0.1, 0.15) is 41.8 Å². The van der Waals surface area contributed by atoms with Crippen LogP contribution in [0.25, 0.3) is 0 Å². The summed E-state index contributed by atoms with van der Waals surface area (Å²) >= 11 is 0. The number of fused-ring (bicyclic) bond motifs is 1. The van der Waals surface area contributed by atoms with E-state index in [0.29, 0.717) is 6.04 Å². The van der Waals surface area contributed by atoms with Gasteiger partial charge in [-0.1, -0.05) is 18.2 Å². The minimum Gasteiger partial charge on any atom is -0.305 e. The van der Waals surface area contributed by atoms with E-state index in [2.05, 4.69) is 40.4 Å². The van der Waals surface area contributed by atoms with Crippen LogP contribution in [0, 0.1) is 0 Å². The molecule has 1 heterocycles. The number of benzene rings is 1. The molecular weight excluding hydrogens is 234 g/mol. The number of hydrogen-bond donors (Lipinski definition) is 1. The van der Waals surface area contributed by atoms with Gasteiger partial charge in [-0.05, 0) is 48.9 Å². The number of hydrogen-bond acceptors (Lipinski definition) is 3. The summed E-state index contributed by atoms with van der Waals surface area (Å²) in [6.45, 7) is 2.98. The molecule has 1 atom stereocenters. The SMILES string of the molecule is CC(NCc1ccncn1)c1ccc2c(c1)CCC2. The zero-order valence-electron chi connectivity index (χ0n) is 11.3. The highest BCUT2D eigenvalue weighted by molar-refractivity contribution is 5.36. The molecule has 0 aliphatic heterocycles. The van der Waals surface area contributed by atoms with Gasteiger partial charge in [0.1, 0.15) is 6.33 Å². The van der Waals surface area contributed by atoms with Gasteiger partial charge in [-0.25, -0.2) is 9.97 Å². The van der Waals surface area contributed by atoms with Gasteiger partial charge < -0.3 is 5.32 Å². The molecule has 1 unspecified atom stereocenters. The van der Waals surface area contributed by atoms with E-state index in [0.717, 1.165) is 12.2 Å². The second kappa shape index (κ2) is 5.49. The van der Waals surface area contributed by atoms with Gasteiger partial charge in [0.15, 0.2) is 0 Å². The van der Waals surface area contributed by atoms with Crippen LogP contribution in [0.2, 0.25) is 0 Å². The minimum absolute atomic E-state index is 0.348. The molecular formula is C16H19N3. The molecule has 1 aromatic heterocycles. The van der Waals surface area contributed by atoms with E-state index in [1.54, 1.807) is 12.5 Å². The van der Waals surface area contributed by atoms with E-state index in [-0.39, 0.29) is 0 Å². The summed E-state index contributed by atoms with van der Waals surface area (Å²) in [5.74, 6) is 0. The average Bonchev–Trinajstić information content (AvgIpc) is 2.93. The van der Waals surface area contributed by atoms with E-state index in [9.17, 15) is 0 Å². The maximum Gasteiger partial charge on any atom is 0.115 e. The van der Waals surface area contributed by atoms with Gasteiger partial charge in [-0.15, -0.1) is 0 Å². The Morgan fingerprint density at radius 2 is 2.11 bits per heavy atom. The van der Waals surface area contributed by atoms with E-state index in [1.807, 2.05) is 6.07 Å². The standard InChI is InChI=1S/C16H19N3/c1-12(18-10-16-7-8-17-11-19-16)14-6-5-13-3-2-4-15(13)9-14/h5-9,11-12,18H,2-4,10H2,1H3. The maximum absolute atomic E-state index is 4.23. The van der Waals surface area contributed by atoms with Crippen molar-refractivity contribution in [1.82, 2.24) is 15.3 Å². The molecule has 0 saturated heterocycles. The van der Waals surface area contributed by atoms with Crippen molar-refractivity contribution in [3.8, 4) is 0 Å². The largest absolute Gasteiger partial charge is 0.305 e. The zero-order chi connectivity index (χ0) is 13.1. The summed E-state index contributed by atoms with van der Waals surface area (Å²) in [5, 5.41) is 3.52. The fourth-order valence-electron chi connectivity index (χ4n) is 2.66. The highest BCUT2D eigenvalue weighted by Crippen LogP contribution is 2.25. The van der Waals surface area contributed by atoms with Crippen molar-refractivity contribution in [3.63, 3.8) is 0 Å². The number of aryl methyl sites for hydroxylation is 2. The quantitative estimate of drug-likeness (QED) is 0.910. The van der Waals surface area contributed by atoms with Crippen LogP contribution in [-0.4, -0.2) is 9.97 Å². The lowest BCUT2D eigenvalue weighted by molar-refractivity contribution is 0.566. The van der Waals surface area contributed by atoms with Gasteiger partial charge >= 0.3 is 0 Å². The lowest BCUT2D eigenvalue weighted by Gasteiger charge is -2.15. The van der Waals surface area contributed by atoms with Crippen LogP contribution in [-0.2, 0) is 19.4 Å². The first-order chi connectivity index (χ1) is 9.33. The third kappa shape index (κ3) is 2.82. The average molecular weight is 253 g/mol. The fourth-order valence-corrected chi connectivity index (χ4v) is 2.66. The predicted octanol–water partition coefficient (Wildman–Crippen LogP) is 2.82. The Kier molecular flexibility index (Phi) is 3.56. The normalized spacial score (nSPS) is 15.2. The van der Waals surface area contributed by atoms with E-state index >= 15 is 0 Å². The van der Waals surface area contributed by atoms with Crippen LogP contribution in [0.4, 0.5) is 0 Å². The van der Waals surface area contributed by atoms with Gasteiger partial charge in [0.05, 0.1) is 5.69 Å². The van der Waals surface area contributed by atoms with E-state index < -0.39 is 0 Å². The molecule has 1 N–H and O–H groups in total. The highest BCUT2D eigenvalue weighted by atomic mass is 14.9. The molecule has 0 spiro atoms. The van der Waals surface area contributed by atoms with Crippen LogP contribution in [0.5, 0.6) is 0 Å². The third-order valence-electron chi connectivity index (χ3n) is 3.86. The molecule has 0 bridgehead atoms. The summed E-state index contributed by atoms with van der Waals surface area (Å²) in [4.78, 5) is 8.16. The van der Waals surface area contributed by atoms with Crippen LogP contribution < -0.4 is 5.32 Å². The Labute approximate surface area is 114 Å². The summed E-state index contributed by atoms with van der Waals surface area (Å²) in [5.41, 5.74) is 5.47. The van der Waals surface area contributed by atoms with Gasteiger partial charge in [0.2, 0.25) is 0 Å². The molecule has 98 valence electrons. The fraction of sp³-hybridized carbons (Fsp3) is 0.375. The Morgan fingerprint density at radius 1 is 1.21 bits per heavy atom. The lowest BCUT2D eigenvalue weighted by atomic mass is 10.0. The van der Waals surface area contributed by atoms with Crippen molar-refractivity contribution < 1.29 is 0 Å². The van der Waals surface area contributed by atoms with Crippen molar-refractivity contribution in [2.45, 2.75) is 38.8 Å². The molecule has 0 amide bonds. The molecule has 3 rings (SSSR count). The van der Waals surface area contributed by atoms with Gasteiger partial charge in [-0.3, -0.25) is 0 Å². The lowest BCUT2D eigenvalue weighted by Crippen LogP contribution is -2.19. The Balaban J connectivity index is 1.65. The van der Waals surface area contributed by atoms with Crippen molar-refractivity contribution >= 4 is 0 Å². The number of nitrogens with one attached hydrogen (secondary N) is 1. The van der Waals surface area contributed by atoms with Crippen molar-refractivity contribution in [2.24, 2.45) is 0 Å². The molecule has 1 aromatic carbocycles. The van der Waals surface area contributed by atoms with Crippen LogP contribution >= 0.6 is 0 Å². The molecule has 0 radical (unpaired) electrons. The van der Waals surface area contributed by atoms with Crippen LogP contribution in [0.15, 0.2) is 36.8 Å². The first kappa shape index (κ1) is 12.3. The van der Waals surface area contributed by atoms with Gasteiger partial charge in [-0.2, -0.15) is 0 Å². The Hall–Kier alpha value is -1.74. The van der Waals surface area contributed by atoms with Crippen molar-refractivity contribution in [2.75, 3.05) is 0 Å². The monoisotopic (exact) mass is 253 g/mol. The number of rotatable bonds is 4. The summed E-state index contributed by atoms with van der Waals surface area (Å²) in [7, 11) is 0. The minimum atomic E-state index is 0.348. The van der Waals surface area contributed by atoms with Gasteiger partial charge in [0.25, 0.3) is 0 Å². The zero-order valence-corrected chi connectivity index (χ0v) is 11.3. The van der Waals surface area contributed by atoms with E-state index in [1.165, 1.54) is 36.0 Å². The number of nitrogens with zero attached hydrogens (tertiary/aromatic N) is 2.